The van der Waals surface area contributed by atoms with Gasteiger partial charge in [0, 0.05) is 40.7 Å². The van der Waals surface area contributed by atoms with E-state index >= 15 is 0 Å². The fourth-order valence-corrected chi connectivity index (χ4v) is 2.20. The van der Waals surface area contributed by atoms with Gasteiger partial charge in [-0.2, -0.15) is 0 Å². The van der Waals surface area contributed by atoms with E-state index in [1.54, 1.807) is 18.4 Å². The Bertz CT molecular complexity index is 363. The van der Waals surface area contributed by atoms with Crippen LogP contribution in [0.2, 0.25) is 0 Å². The van der Waals surface area contributed by atoms with Gasteiger partial charge in [-0.25, -0.2) is 9.98 Å². The van der Waals surface area contributed by atoms with Gasteiger partial charge in [-0.1, -0.05) is 0 Å². The Hall–Kier alpha value is -1.14. The smallest absolute Gasteiger partial charge is 0.195 e. The zero-order valence-corrected chi connectivity index (χ0v) is 11.9. The van der Waals surface area contributed by atoms with E-state index in [2.05, 4.69) is 9.98 Å². The van der Waals surface area contributed by atoms with Crippen LogP contribution in [0.15, 0.2) is 10.4 Å². The van der Waals surface area contributed by atoms with E-state index in [0.717, 1.165) is 16.7 Å². The third-order valence-corrected chi connectivity index (χ3v) is 2.92. The first-order valence-electron chi connectivity index (χ1n) is 5.36. The number of thiazole rings is 1. The second-order valence-electron chi connectivity index (χ2n) is 4.07. The van der Waals surface area contributed by atoms with Gasteiger partial charge < -0.3 is 14.5 Å². The van der Waals surface area contributed by atoms with Crippen LogP contribution in [0.1, 0.15) is 10.7 Å². The Morgan fingerprint density at radius 3 is 2.53 bits per heavy atom. The number of hydrogen-bond acceptors (Lipinski definition) is 4. The minimum atomic E-state index is 0.572. The van der Waals surface area contributed by atoms with Crippen molar-refractivity contribution in [2.75, 3.05) is 35.3 Å². The Kier molecular flexibility index (Phi) is 5.37. The van der Waals surface area contributed by atoms with Gasteiger partial charge in [0.2, 0.25) is 0 Å². The Morgan fingerprint density at radius 2 is 2.00 bits per heavy atom. The zero-order chi connectivity index (χ0) is 12.8. The highest BCUT2D eigenvalue weighted by Crippen LogP contribution is 2.11. The molecular formula is C11H20N4OS. The average Bonchev–Trinajstić information content (AvgIpc) is 2.65. The molecule has 0 fully saturated rings. The number of guanidine groups is 1. The highest BCUT2D eigenvalue weighted by atomic mass is 32.1. The van der Waals surface area contributed by atoms with E-state index in [0.29, 0.717) is 13.2 Å². The zero-order valence-electron chi connectivity index (χ0n) is 11.1. The van der Waals surface area contributed by atoms with Gasteiger partial charge >= 0.3 is 0 Å². The van der Waals surface area contributed by atoms with Crippen molar-refractivity contribution in [1.29, 1.82) is 0 Å². The quantitative estimate of drug-likeness (QED) is 0.601. The predicted octanol–water partition coefficient (Wildman–Crippen LogP) is 1.27. The molecule has 0 amide bonds. The number of aromatic nitrogens is 1. The second kappa shape index (κ2) is 6.56. The van der Waals surface area contributed by atoms with Gasteiger partial charge in [-0.15, -0.1) is 11.3 Å². The van der Waals surface area contributed by atoms with Gasteiger partial charge in [-0.05, 0) is 0 Å². The summed E-state index contributed by atoms with van der Waals surface area (Å²) in [6.45, 7) is 1.18. The molecule has 1 aromatic heterocycles. The van der Waals surface area contributed by atoms with E-state index in [1.165, 1.54) is 0 Å². The predicted molar refractivity (Wildman–Crippen MR) is 71.3 cm³/mol. The van der Waals surface area contributed by atoms with Crippen LogP contribution in [0.5, 0.6) is 0 Å². The number of aliphatic imine (C=N–C) groups is 1. The standard InChI is InChI=1S/C11H20N4OS/c1-14(2)11(15(3)4)12-6-9-8-17-10(13-9)7-16-5/h8H,6-7H2,1-5H3. The van der Waals surface area contributed by atoms with Crippen molar-refractivity contribution < 1.29 is 4.74 Å². The van der Waals surface area contributed by atoms with E-state index in [1.807, 2.05) is 43.4 Å². The normalized spacial score (nSPS) is 10.2. The first-order chi connectivity index (χ1) is 8.04. The van der Waals surface area contributed by atoms with E-state index in [4.69, 9.17) is 4.74 Å². The maximum Gasteiger partial charge on any atom is 0.195 e. The van der Waals surface area contributed by atoms with Gasteiger partial charge in [0.25, 0.3) is 0 Å². The third kappa shape index (κ3) is 4.32. The van der Waals surface area contributed by atoms with E-state index in [9.17, 15) is 0 Å². The highest BCUT2D eigenvalue weighted by molar-refractivity contribution is 7.09. The van der Waals surface area contributed by atoms with Crippen LogP contribution in [0, 0.1) is 0 Å². The molecule has 0 unspecified atom stereocenters. The monoisotopic (exact) mass is 256 g/mol. The van der Waals surface area contributed by atoms with Crippen LogP contribution in [0.25, 0.3) is 0 Å². The molecule has 0 aliphatic carbocycles. The van der Waals surface area contributed by atoms with Crippen LogP contribution in [-0.4, -0.2) is 56.0 Å². The lowest BCUT2D eigenvalue weighted by Crippen LogP contribution is -2.35. The van der Waals surface area contributed by atoms with Crippen molar-refractivity contribution in [1.82, 2.24) is 14.8 Å². The van der Waals surface area contributed by atoms with Crippen molar-refractivity contribution in [3.05, 3.63) is 16.1 Å². The SMILES string of the molecule is COCc1nc(CN=C(N(C)C)N(C)C)cs1. The largest absolute Gasteiger partial charge is 0.378 e. The number of rotatable bonds is 4. The molecule has 1 heterocycles. The average molecular weight is 256 g/mol. The number of nitrogens with zero attached hydrogens (tertiary/aromatic N) is 4. The molecule has 5 nitrogen and oxygen atoms in total. The Labute approximate surface area is 107 Å². The molecule has 0 aliphatic heterocycles. The maximum absolute atomic E-state index is 5.04. The summed E-state index contributed by atoms with van der Waals surface area (Å²) in [6, 6.07) is 0. The van der Waals surface area contributed by atoms with E-state index in [-0.39, 0.29) is 0 Å². The second-order valence-corrected chi connectivity index (χ2v) is 5.01. The molecule has 0 saturated heterocycles. The van der Waals surface area contributed by atoms with Crippen LogP contribution >= 0.6 is 11.3 Å². The number of methoxy groups -OCH3 is 1. The molecule has 1 aromatic rings. The third-order valence-electron chi connectivity index (χ3n) is 2.05. The lowest BCUT2D eigenvalue weighted by Gasteiger charge is -2.22. The molecule has 0 bridgehead atoms. The molecule has 0 N–H and O–H groups in total. The summed E-state index contributed by atoms with van der Waals surface area (Å²) in [7, 11) is 9.61. The molecule has 1 rings (SSSR count). The van der Waals surface area contributed by atoms with Crippen molar-refractivity contribution in [2.24, 2.45) is 4.99 Å². The molecule has 17 heavy (non-hydrogen) atoms. The highest BCUT2D eigenvalue weighted by Gasteiger charge is 2.05. The molecule has 0 aromatic carbocycles. The van der Waals surface area contributed by atoms with Gasteiger partial charge in [0.15, 0.2) is 5.96 Å². The van der Waals surface area contributed by atoms with Crippen LogP contribution < -0.4 is 0 Å². The molecule has 6 heteroatoms. The summed E-state index contributed by atoms with van der Waals surface area (Å²) in [5.74, 6) is 0.936. The summed E-state index contributed by atoms with van der Waals surface area (Å²) in [5.41, 5.74) is 0.989. The van der Waals surface area contributed by atoms with Crippen molar-refractivity contribution in [2.45, 2.75) is 13.2 Å². The van der Waals surface area contributed by atoms with Crippen LogP contribution in [0.3, 0.4) is 0 Å². The van der Waals surface area contributed by atoms with Gasteiger partial charge in [-0.3, -0.25) is 0 Å². The number of ether oxygens (including phenoxy) is 1. The summed E-state index contributed by atoms with van der Waals surface area (Å²) in [5, 5.41) is 3.02. The van der Waals surface area contributed by atoms with Crippen LogP contribution in [0.4, 0.5) is 0 Å². The summed E-state index contributed by atoms with van der Waals surface area (Å²) < 4.78 is 5.04. The minimum Gasteiger partial charge on any atom is -0.378 e. The molecular weight excluding hydrogens is 236 g/mol. The van der Waals surface area contributed by atoms with Gasteiger partial charge in [0.05, 0.1) is 18.8 Å². The van der Waals surface area contributed by atoms with Crippen molar-refractivity contribution in [3.8, 4) is 0 Å². The summed E-state index contributed by atoms with van der Waals surface area (Å²) in [6.07, 6.45) is 0. The first kappa shape index (κ1) is 13.9. The summed E-state index contributed by atoms with van der Waals surface area (Å²) >= 11 is 1.61. The van der Waals surface area contributed by atoms with Gasteiger partial charge in [0.1, 0.15) is 5.01 Å². The van der Waals surface area contributed by atoms with E-state index < -0.39 is 0 Å². The van der Waals surface area contributed by atoms with Crippen LogP contribution in [-0.2, 0) is 17.9 Å². The summed E-state index contributed by atoms with van der Waals surface area (Å²) in [4.78, 5) is 13.0. The molecule has 0 saturated carbocycles. The Balaban J connectivity index is 2.66. The minimum absolute atomic E-state index is 0.572. The first-order valence-corrected chi connectivity index (χ1v) is 6.24. The topological polar surface area (TPSA) is 41.0 Å². The molecule has 0 radical (unpaired) electrons. The maximum atomic E-state index is 5.04. The lowest BCUT2D eigenvalue weighted by atomic mass is 10.5. The molecule has 0 spiro atoms. The molecule has 0 atom stereocenters. The Morgan fingerprint density at radius 1 is 1.35 bits per heavy atom. The van der Waals surface area contributed by atoms with Crippen molar-refractivity contribution >= 4 is 17.3 Å². The lowest BCUT2D eigenvalue weighted by molar-refractivity contribution is 0.184. The molecule has 0 aliphatic rings. The fourth-order valence-electron chi connectivity index (χ4n) is 1.45. The van der Waals surface area contributed by atoms with Crippen molar-refractivity contribution in [3.63, 3.8) is 0 Å². The fraction of sp³-hybridized carbons (Fsp3) is 0.636. The molecule has 96 valence electrons. The number of hydrogen-bond donors (Lipinski definition) is 0.